The van der Waals surface area contributed by atoms with Gasteiger partial charge in [0, 0.05) is 32.0 Å². The second-order valence-corrected chi connectivity index (χ2v) is 13.4. The summed E-state index contributed by atoms with van der Waals surface area (Å²) in [6.07, 6.45) is 1.14. The fourth-order valence-electron chi connectivity index (χ4n) is 3.74. The van der Waals surface area contributed by atoms with Crippen molar-refractivity contribution in [2.45, 2.75) is 23.3 Å². The summed E-state index contributed by atoms with van der Waals surface area (Å²) in [6.45, 7) is 3.21. The average Bonchev–Trinajstić information content (AvgIpc) is 3.24. The van der Waals surface area contributed by atoms with Crippen LogP contribution >= 0.6 is 11.3 Å². The summed E-state index contributed by atoms with van der Waals surface area (Å²) in [6, 6.07) is 19.1. The van der Waals surface area contributed by atoms with E-state index in [2.05, 4.69) is 4.99 Å². The highest BCUT2D eigenvalue weighted by atomic mass is 32.2. The Kier molecular flexibility index (Phi) is 8.16. The molecule has 9 nitrogen and oxygen atoms in total. The summed E-state index contributed by atoms with van der Waals surface area (Å²) < 4.78 is 59.2. The lowest BCUT2D eigenvalue weighted by molar-refractivity contribution is 0.0996. The van der Waals surface area contributed by atoms with Crippen molar-refractivity contribution in [3.63, 3.8) is 0 Å². The van der Waals surface area contributed by atoms with Crippen LogP contribution in [0.15, 0.2) is 87.6 Å². The van der Waals surface area contributed by atoms with Gasteiger partial charge in [-0.2, -0.15) is 4.99 Å². The van der Waals surface area contributed by atoms with Gasteiger partial charge in [0.1, 0.15) is 0 Å². The highest BCUT2D eigenvalue weighted by molar-refractivity contribution is 7.92. The normalized spacial score (nSPS) is 12.7. The molecular formula is C26H27N3O6S3. The molecule has 0 aliphatic heterocycles. The monoisotopic (exact) mass is 573 g/mol. The average molecular weight is 574 g/mol. The molecular weight excluding hydrogens is 547 g/mol. The van der Waals surface area contributed by atoms with Gasteiger partial charge in [-0.05, 0) is 61.5 Å². The van der Waals surface area contributed by atoms with Crippen LogP contribution in [-0.4, -0.2) is 53.8 Å². The summed E-state index contributed by atoms with van der Waals surface area (Å²) in [4.78, 5) is 18.0. The van der Waals surface area contributed by atoms with E-state index in [0.29, 0.717) is 34.9 Å². The first kappa shape index (κ1) is 27.7. The van der Waals surface area contributed by atoms with Crippen LogP contribution in [0.5, 0.6) is 0 Å². The number of fused-ring (bicyclic) bond motifs is 1. The molecule has 200 valence electrons. The molecule has 12 heteroatoms. The molecule has 0 aliphatic carbocycles. The standard InChI is InChI=1S/C26H27N3O6S3/c1-4-35-17-16-29-23-15-14-22(37(3,31)32)18-24(23)36-26(29)27-25(30)19-10-12-21(13-11-19)38(33,34)28(2)20-8-6-5-7-9-20/h5-15,18H,4,16-17H2,1-3H3. The third kappa shape index (κ3) is 5.88. The number of carbonyl (C=O) groups is 1. The number of hydrogen-bond acceptors (Lipinski definition) is 7. The van der Waals surface area contributed by atoms with E-state index < -0.39 is 25.8 Å². The second kappa shape index (κ2) is 11.2. The Morgan fingerprint density at radius 1 is 0.974 bits per heavy atom. The van der Waals surface area contributed by atoms with E-state index in [1.54, 1.807) is 42.5 Å². The molecule has 0 bridgehead atoms. The van der Waals surface area contributed by atoms with Crippen molar-refractivity contribution in [3.8, 4) is 0 Å². The number of aromatic nitrogens is 1. The number of nitrogens with zero attached hydrogens (tertiary/aromatic N) is 3. The minimum Gasteiger partial charge on any atom is -0.380 e. The summed E-state index contributed by atoms with van der Waals surface area (Å²) in [5.41, 5.74) is 1.47. The van der Waals surface area contributed by atoms with Crippen molar-refractivity contribution >= 4 is 53.0 Å². The molecule has 38 heavy (non-hydrogen) atoms. The van der Waals surface area contributed by atoms with Gasteiger partial charge in [0.25, 0.3) is 15.9 Å². The van der Waals surface area contributed by atoms with Crippen molar-refractivity contribution in [1.82, 2.24) is 4.57 Å². The van der Waals surface area contributed by atoms with E-state index in [9.17, 15) is 21.6 Å². The molecule has 1 amide bonds. The van der Waals surface area contributed by atoms with Crippen LogP contribution in [0.1, 0.15) is 17.3 Å². The van der Waals surface area contributed by atoms with Crippen LogP contribution < -0.4 is 9.11 Å². The Balaban J connectivity index is 1.68. The van der Waals surface area contributed by atoms with Gasteiger partial charge < -0.3 is 9.30 Å². The Hall–Kier alpha value is -3.32. The number of benzene rings is 3. The molecule has 0 aliphatic rings. The third-order valence-corrected chi connectivity index (χ3v) is 9.77. The van der Waals surface area contributed by atoms with E-state index in [0.717, 1.165) is 11.8 Å². The smallest absolute Gasteiger partial charge is 0.279 e. The maximum atomic E-state index is 13.1. The van der Waals surface area contributed by atoms with Crippen LogP contribution in [0.3, 0.4) is 0 Å². The van der Waals surface area contributed by atoms with Crippen molar-refractivity contribution in [2.75, 3.05) is 30.8 Å². The van der Waals surface area contributed by atoms with E-state index in [1.165, 1.54) is 53.0 Å². The molecule has 0 saturated heterocycles. The molecule has 0 unspecified atom stereocenters. The quantitative estimate of drug-likeness (QED) is 0.282. The molecule has 0 fully saturated rings. The zero-order valence-electron chi connectivity index (χ0n) is 21.1. The molecule has 0 spiro atoms. The highest BCUT2D eigenvalue weighted by Crippen LogP contribution is 2.23. The molecule has 0 atom stereocenters. The number of ether oxygens (including phenoxy) is 1. The Morgan fingerprint density at radius 3 is 2.26 bits per heavy atom. The first-order chi connectivity index (χ1) is 18.0. The fraction of sp³-hybridized carbons (Fsp3) is 0.231. The number of sulfonamides is 1. The van der Waals surface area contributed by atoms with Crippen molar-refractivity contribution in [3.05, 3.63) is 83.2 Å². The summed E-state index contributed by atoms with van der Waals surface area (Å²) in [7, 11) is -5.75. The van der Waals surface area contributed by atoms with Gasteiger partial charge in [-0.1, -0.05) is 29.5 Å². The maximum absolute atomic E-state index is 13.1. The van der Waals surface area contributed by atoms with Crippen LogP contribution in [0.2, 0.25) is 0 Å². The number of hydrogen-bond donors (Lipinski definition) is 0. The summed E-state index contributed by atoms with van der Waals surface area (Å²) in [5.74, 6) is -0.551. The van der Waals surface area contributed by atoms with Gasteiger partial charge in [0.05, 0.1) is 32.3 Å². The van der Waals surface area contributed by atoms with E-state index >= 15 is 0 Å². The van der Waals surface area contributed by atoms with Gasteiger partial charge >= 0.3 is 0 Å². The van der Waals surface area contributed by atoms with E-state index in [-0.39, 0.29) is 15.4 Å². The zero-order chi connectivity index (χ0) is 27.5. The molecule has 4 aromatic rings. The largest absolute Gasteiger partial charge is 0.380 e. The molecule has 0 radical (unpaired) electrons. The molecule has 1 heterocycles. The minimum absolute atomic E-state index is 0.0438. The fourth-order valence-corrected chi connectivity index (χ4v) is 6.75. The number of sulfone groups is 1. The summed E-state index contributed by atoms with van der Waals surface area (Å²) in [5, 5.41) is 0. The number of para-hydroxylation sites is 1. The van der Waals surface area contributed by atoms with Gasteiger partial charge in [-0.3, -0.25) is 9.10 Å². The van der Waals surface area contributed by atoms with Crippen LogP contribution in [0, 0.1) is 0 Å². The van der Waals surface area contributed by atoms with Crippen molar-refractivity contribution in [2.24, 2.45) is 4.99 Å². The van der Waals surface area contributed by atoms with E-state index in [1.807, 2.05) is 11.5 Å². The van der Waals surface area contributed by atoms with Gasteiger partial charge in [-0.15, -0.1) is 0 Å². The number of rotatable bonds is 9. The topological polar surface area (TPSA) is 115 Å². The lowest BCUT2D eigenvalue weighted by Gasteiger charge is -2.19. The minimum atomic E-state index is -3.82. The first-order valence-electron chi connectivity index (χ1n) is 11.7. The number of thiazole rings is 1. The van der Waals surface area contributed by atoms with Crippen molar-refractivity contribution in [1.29, 1.82) is 0 Å². The van der Waals surface area contributed by atoms with Gasteiger partial charge in [0.2, 0.25) is 0 Å². The molecule has 1 aromatic heterocycles. The second-order valence-electron chi connectivity index (χ2n) is 8.38. The lowest BCUT2D eigenvalue weighted by atomic mass is 10.2. The van der Waals surface area contributed by atoms with Crippen LogP contribution in [0.25, 0.3) is 10.2 Å². The Morgan fingerprint density at radius 2 is 1.63 bits per heavy atom. The number of anilines is 1. The SMILES string of the molecule is CCOCCn1c(=NC(=O)c2ccc(S(=O)(=O)N(C)c3ccccc3)cc2)sc2cc(S(C)(=O)=O)ccc21. The molecule has 3 aromatic carbocycles. The van der Waals surface area contributed by atoms with Crippen LogP contribution in [0.4, 0.5) is 5.69 Å². The van der Waals surface area contributed by atoms with E-state index in [4.69, 9.17) is 4.74 Å². The van der Waals surface area contributed by atoms with Crippen molar-refractivity contribution < 1.29 is 26.4 Å². The maximum Gasteiger partial charge on any atom is 0.279 e. The van der Waals surface area contributed by atoms with Gasteiger partial charge in [-0.25, -0.2) is 16.8 Å². The Bertz CT molecular complexity index is 1740. The predicted octanol–water partition coefficient (Wildman–Crippen LogP) is 3.71. The lowest BCUT2D eigenvalue weighted by Crippen LogP contribution is -2.26. The predicted molar refractivity (Wildman–Crippen MR) is 148 cm³/mol. The van der Waals surface area contributed by atoms with Crippen LogP contribution in [-0.2, 0) is 31.1 Å². The molecule has 0 saturated carbocycles. The first-order valence-corrected chi connectivity index (χ1v) is 15.8. The third-order valence-electron chi connectivity index (χ3n) is 5.82. The molecule has 0 N–H and O–H groups in total. The number of carbonyl (C=O) groups excluding carboxylic acids is 1. The zero-order valence-corrected chi connectivity index (χ0v) is 23.5. The summed E-state index contributed by atoms with van der Waals surface area (Å²) >= 11 is 1.20. The number of amides is 1. The Labute approximate surface area is 225 Å². The highest BCUT2D eigenvalue weighted by Gasteiger charge is 2.21. The van der Waals surface area contributed by atoms with Gasteiger partial charge in [0.15, 0.2) is 14.6 Å². The molecule has 4 rings (SSSR count).